The molecule has 2 heterocycles. The summed E-state index contributed by atoms with van der Waals surface area (Å²) in [5.74, 6) is -29.5. The van der Waals surface area contributed by atoms with Crippen molar-refractivity contribution >= 4 is 29.4 Å². The van der Waals surface area contributed by atoms with Crippen LogP contribution in [0, 0.1) is 11.8 Å². The van der Waals surface area contributed by atoms with Crippen LogP contribution in [0.2, 0.25) is 0 Å². The highest BCUT2D eigenvalue weighted by molar-refractivity contribution is 6.01. The number of amides is 4. The van der Waals surface area contributed by atoms with Gasteiger partial charge < -0.3 is 25.2 Å². The number of rotatable bonds is 12. The molecule has 0 aliphatic carbocycles. The Kier molecular flexibility index (Phi) is 12.3. The van der Waals surface area contributed by atoms with Gasteiger partial charge in [-0.3, -0.25) is 24.0 Å². The Bertz CT molecular complexity index is 1430. The van der Waals surface area contributed by atoms with E-state index in [0.29, 0.717) is 31.9 Å². The molecule has 10 nitrogen and oxygen atoms in total. The number of Topliss-reactive ketones (excluding diaryl/α,β-unsaturated/α-hetero) is 1. The summed E-state index contributed by atoms with van der Waals surface area (Å²) in [7, 11) is 0. The van der Waals surface area contributed by atoms with Gasteiger partial charge in [0, 0.05) is 30.8 Å². The van der Waals surface area contributed by atoms with Crippen LogP contribution in [0.4, 0.5) is 39.5 Å². The third-order valence-electron chi connectivity index (χ3n) is 8.45. The van der Waals surface area contributed by atoms with E-state index in [1.807, 2.05) is 0 Å². The first-order valence-electron chi connectivity index (χ1n) is 15.6. The van der Waals surface area contributed by atoms with E-state index in [-0.39, 0.29) is 30.9 Å². The molecule has 2 aliphatic heterocycles. The van der Waals surface area contributed by atoms with Crippen molar-refractivity contribution < 1.29 is 68.2 Å². The van der Waals surface area contributed by atoms with Crippen LogP contribution in [0.15, 0.2) is 24.3 Å². The molecule has 0 bridgehead atoms. The molecule has 1 aromatic rings. The summed E-state index contributed by atoms with van der Waals surface area (Å²) < 4.78 is 127. The van der Waals surface area contributed by atoms with Gasteiger partial charge in [-0.05, 0) is 48.9 Å². The first kappa shape index (κ1) is 40.5. The summed E-state index contributed by atoms with van der Waals surface area (Å²) in [6.07, 6.45) is -7.13. The monoisotopic (exact) mass is 732 g/mol. The minimum absolute atomic E-state index is 0.0739. The number of morpholine rings is 1. The fourth-order valence-corrected chi connectivity index (χ4v) is 5.44. The summed E-state index contributed by atoms with van der Waals surface area (Å²) in [5, 5.41) is 4.28. The quantitative estimate of drug-likeness (QED) is 0.313. The number of likely N-dealkylation sites (tertiary alicyclic amines) is 1. The van der Waals surface area contributed by atoms with Gasteiger partial charge in [0.25, 0.3) is 11.8 Å². The number of alkyl halides is 9. The van der Waals surface area contributed by atoms with E-state index in [4.69, 9.17) is 4.74 Å². The SMILES string of the molecule is CC(C)C(NC(=O)[C@@H]1CCCN1C(=O)[C@@H](NC(=O)c1ccc(C(=O)N2CCOCC2)cc1)C(C)C)C(=O)C(F)(F)C(F)(F)C(F)(F)C(F)(F)F. The van der Waals surface area contributed by atoms with Gasteiger partial charge in [0.15, 0.2) is 0 Å². The average molecular weight is 733 g/mol. The van der Waals surface area contributed by atoms with E-state index in [9.17, 15) is 63.5 Å². The fraction of sp³-hybridized carbons (Fsp3) is 0.645. The number of nitrogens with one attached hydrogen (secondary N) is 2. The van der Waals surface area contributed by atoms with Crippen LogP contribution < -0.4 is 10.6 Å². The Labute approximate surface area is 281 Å². The highest BCUT2D eigenvalue weighted by Gasteiger charge is 2.84. The van der Waals surface area contributed by atoms with Crippen LogP contribution in [0.1, 0.15) is 61.3 Å². The van der Waals surface area contributed by atoms with Crippen LogP contribution in [0.3, 0.4) is 0 Å². The van der Waals surface area contributed by atoms with Crippen molar-refractivity contribution in [1.82, 2.24) is 20.4 Å². The predicted molar refractivity (Wildman–Crippen MR) is 157 cm³/mol. The van der Waals surface area contributed by atoms with E-state index in [1.54, 1.807) is 24.1 Å². The lowest BCUT2D eigenvalue weighted by molar-refractivity contribution is -0.388. The zero-order chi connectivity index (χ0) is 38.0. The highest BCUT2D eigenvalue weighted by atomic mass is 19.4. The van der Waals surface area contributed by atoms with E-state index >= 15 is 0 Å². The van der Waals surface area contributed by atoms with Gasteiger partial charge in [0.05, 0.1) is 19.3 Å². The summed E-state index contributed by atoms with van der Waals surface area (Å²) in [6, 6.07) is 0.134. The van der Waals surface area contributed by atoms with Gasteiger partial charge >= 0.3 is 23.9 Å². The average Bonchev–Trinajstić information content (AvgIpc) is 3.55. The molecule has 2 saturated heterocycles. The summed E-state index contributed by atoms with van der Waals surface area (Å²) in [5.41, 5.74) is 0.379. The van der Waals surface area contributed by atoms with E-state index in [0.717, 1.165) is 18.7 Å². The molecule has 1 unspecified atom stereocenters. The standard InChI is InChI=1S/C31H37F9N4O6/c1-16(2)21(23(45)28(32,33)29(34,35)30(36,37)31(38,39)40)41-25(47)20-6-5-11-44(20)27(49)22(17(3)4)42-24(46)18-7-9-19(10-8-18)26(48)43-12-14-50-15-13-43/h7-10,16-17,20-22H,5-6,11-15H2,1-4H3,(H,41,47)(H,42,46)/t20-,21?,22-/m0/s1. The predicted octanol–water partition coefficient (Wildman–Crippen LogP) is 4.08. The van der Waals surface area contributed by atoms with Gasteiger partial charge in [-0.2, -0.15) is 39.5 Å². The molecule has 0 radical (unpaired) electrons. The number of ether oxygens (including phenoxy) is 1. The Hall–Kier alpha value is -3.90. The maximum absolute atomic E-state index is 14.5. The molecule has 2 aliphatic rings. The maximum atomic E-state index is 14.5. The lowest BCUT2D eigenvalue weighted by Crippen LogP contribution is -2.67. The molecule has 0 saturated carbocycles. The number of carbonyl (C=O) groups is 5. The second kappa shape index (κ2) is 15.1. The van der Waals surface area contributed by atoms with Crippen molar-refractivity contribution in [1.29, 1.82) is 0 Å². The number of ketones is 1. The number of benzene rings is 1. The largest absolute Gasteiger partial charge is 0.460 e. The van der Waals surface area contributed by atoms with Gasteiger partial charge in [-0.1, -0.05) is 27.7 Å². The molecule has 3 rings (SSSR count). The van der Waals surface area contributed by atoms with Crippen molar-refractivity contribution in [2.45, 2.75) is 82.6 Å². The number of halogens is 9. The highest BCUT2D eigenvalue weighted by Crippen LogP contribution is 2.53. The van der Waals surface area contributed by atoms with Gasteiger partial charge in [-0.15, -0.1) is 0 Å². The van der Waals surface area contributed by atoms with Crippen molar-refractivity contribution in [2.75, 3.05) is 32.8 Å². The molecule has 3 atom stereocenters. The number of nitrogens with zero attached hydrogens (tertiary/aromatic N) is 2. The molecule has 0 aromatic heterocycles. The summed E-state index contributed by atoms with van der Waals surface area (Å²) in [4.78, 5) is 67.7. The van der Waals surface area contributed by atoms with Crippen molar-refractivity contribution in [2.24, 2.45) is 11.8 Å². The van der Waals surface area contributed by atoms with Crippen molar-refractivity contribution in [3.05, 3.63) is 35.4 Å². The van der Waals surface area contributed by atoms with Crippen LogP contribution in [0.25, 0.3) is 0 Å². The molecule has 2 fully saturated rings. The van der Waals surface area contributed by atoms with E-state index in [2.05, 4.69) is 5.32 Å². The van der Waals surface area contributed by atoms with E-state index < -0.39 is 77.4 Å². The lowest BCUT2D eigenvalue weighted by Gasteiger charge is -2.36. The number of carbonyl (C=O) groups excluding carboxylic acids is 5. The summed E-state index contributed by atoms with van der Waals surface area (Å²) in [6.45, 7) is 6.47. The van der Waals surface area contributed by atoms with Crippen LogP contribution in [0.5, 0.6) is 0 Å². The topological polar surface area (TPSA) is 125 Å². The van der Waals surface area contributed by atoms with Crippen LogP contribution >= 0.6 is 0 Å². The molecule has 280 valence electrons. The van der Waals surface area contributed by atoms with Gasteiger partial charge in [0.2, 0.25) is 17.6 Å². The number of hydrogen-bond donors (Lipinski definition) is 2. The zero-order valence-corrected chi connectivity index (χ0v) is 27.4. The summed E-state index contributed by atoms with van der Waals surface area (Å²) >= 11 is 0. The minimum Gasteiger partial charge on any atom is -0.378 e. The third-order valence-corrected chi connectivity index (χ3v) is 8.45. The smallest absolute Gasteiger partial charge is 0.378 e. The molecule has 19 heteroatoms. The maximum Gasteiger partial charge on any atom is 0.460 e. The van der Waals surface area contributed by atoms with Gasteiger partial charge in [-0.25, -0.2) is 0 Å². The Balaban J connectivity index is 1.76. The fourth-order valence-electron chi connectivity index (χ4n) is 5.44. The molecule has 50 heavy (non-hydrogen) atoms. The zero-order valence-electron chi connectivity index (χ0n) is 27.4. The lowest BCUT2D eigenvalue weighted by atomic mass is 9.90. The van der Waals surface area contributed by atoms with Gasteiger partial charge in [0.1, 0.15) is 12.1 Å². The minimum atomic E-state index is -7.31. The molecule has 1 aromatic carbocycles. The second-order valence-electron chi connectivity index (χ2n) is 12.7. The Morgan fingerprint density at radius 2 is 1.26 bits per heavy atom. The van der Waals surface area contributed by atoms with Crippen molar-refractivity contribution in [3.8, 4) is 0 Å². The first-order chi connectivity index (χ1) is 23.0. The normalized spacial score (nSPS) is 19.0. The molecule has 2 N–H and O–H groups in total. The van der Waals surface area contributed by atoms with Crippen LogP contribution in [-0.2, 0) is 19.1 Å². The second-order valence-corrected chi connectivity index (χ2v) is 12.7. The van der Waals surface area contributed by atoms with E-state index in [1.165, 1.54) is 24.3 Å². The van der Waals surface area contributed by atoms with Crippen LogP contribution in [-0.4, -0.2) is 114 Å². The third kappa shape index (κ3) is 8.01. The molecule has 4 amide bonds. The number of hydrogen-bond acceptors (Lipinski definition) is 6. The molecular formula is C31H37F9N4O6. The molecule has 0 spiro atoms. The Morgan fingerprint density at radius 1 is 0.740 bits per heavy atom. The molecular weight excluding hydrogens is 695 g/mol. The van der Waals surface area contributed by atoms with Crippen molar-refractivity contribution in [3.63, 3.8) is 0 Å². The first-order valence-corrected chi connectivity index (χ1v) is 15.6. The Morgan fingerprint density at radius 3 is 1.76 bits per heavy atom.